The molecule has 0 aliphatic carbocycles. The fourth-order valence-electron chi connectivity index (χ4n) is 1.76. The summed E-state index contributed by atoms with van der Waals surface area (Å²) in [6, 6.07) is 19.4. The van der Waals surface area contributed by atoms with Gasteiger partial charge in [0.15, 0.2) is 0 Å². The molecular formula is C17H16Cl2N2. The van der Waals surface area contributed by atoms with Crippen LogP contribution in [0.15, 0.2) is 70.6 Å². The van der Waals surface area contributed by atoms with E-state index in [9.17, 15) is 0 Å². The van der Waals surface area contributed by atoms with Gasteiger partial charge in [-0.15, -0.1) is 0 Å². The molecule has 2 aromatic rings. The van der Waals surface area contributed by atoms with Crippen LogP contribution in [0.2, 0.25) is 0 Å². The summed E-state index contributed by atoms with van der Waals surface area (Å²) in [5, 5.41) is 1.07. The number of nitrogens with zero attached hydrogens (tertiary/aromatic N) is 2. The highest BCUT2D eigenvalue weighted by Gasteiger charge is 1.98. The van der Waals surface area contributed by atoms with Crippen molar-refractivity contribution in [1.29, 1.82) is 0 Å². The van der Waals surface area contributed by atoms with Gasteiger partial charge in [-0.25, -0.2) is 0 Å². The van der Waals surface area contributed by atoms with Crippen molar-refractivity contribution in [3.63, 3.8) is 0 Å². The van der Waals surface area contributed by atoms with Crippen LogP contribution in [0.3, 0.4) is 0 Å². The summed E-state index contributed by atoms with van der Waals surface area (Å²) < 4.78 is 0. The Labute approximate surface area is 135 Å². The highest BCUT2D eigenvalue weighted by atomic mass is 35.5. The van der Waals surface area contributed by atoms with E-state index < -0.39 is 0 Å². The Kier molecular flexibility index (Phi) is 6.45. The second-order valence-electron chi connectivity index (χ2n) is 4.43. The molecule has 0 atom stereocenters. The van der Waals surface area contributed by atoms with Crippen LogP contribution >= 0.6 is 23.2 Å². The molecule has 2 rings (SSSR count). The average Bonchev–Trinajstić information content (AvgIpc) is 2.55. The average molecular weight is 319 g/mol. The summed E-state index contributed by atoms with van der Waals surface area (Å²) in [6.07, 6.45) is 0.812. The smallest absolute Gasteiger partial charge is 0.130 e. The van der Waals surface area contributed by atoms with Gasteiger partial charge in [0.2, 0.25) is 0 Å². The van der Waals surface area contributed by atoms with Crippen molar-refractivity contribution in [1.82, 2.24) is 0 Å². The van der Waals surface area contributed by atoms with Crippen LogP contribution in [0.4, 0.5) is 0 Å². The third kappa shape index (κ3) is 5.33. The summed E-state index contributed by atoms with van der Waals surface area (Å²) in [4.78, 5) is 8.67. The van der Waals surface area contributed by atoms with E-state index in [0.29, 0.717) is 23.4 Å². The molecule has 0 N–H and O–H groups in total. The maximum Gasteiger partial charge on any atom is 0.130 e. The molecular weight excluding hydrogens is 303 g/mol. The second kappa shape index (κ2) is 8.60. The Hall–Kier alpha value is -1.64. The van der Waals surface area contributed by atoms with Gasteiger partial charge in [-0.1, -0.05) is 83.9 Å². The molecule has 0 aliphatic heterocycles. The fourth-order valence-corrected chi connectivity index (χ4v) is 2.18. The first-order valence-electron chi connectivity index (χ1n) is 6.78. The number of hydrogen-bond acceptors (Lipinski definition) is 2. The standard InChI is InChI=1S/C17H16Cl2N2/c18-16(14-8-3-1-4-9-14)20-12-7-13-21-17(19)15-10-5-2-6-11-15/h1-6,8-11H,7,12-13H2. The Balaban J connectivity index is 1.80. The molecule has 0 amide bonds. The topological polar surface area (TPSA) is 24.7 Å². The van der Waals surface area contributed by atoms with Crippen molar-refractivity contribution < 1.29 is 0 Å². The quantitative estimate of drug-likeness (QED) is 0.542. The molecule has 0 bridgehead atoms. The van der Waals surface area contributed by atoms with E-state index in [1.807, 2.05) is 60.7 Å². The molecule has 21 heavy (non-hydrogen) atoms. The van der Waals surface area contributed by atoms with E-state index in [2.05, 4.69) is 9.98 Å². The molecule has 0 saturated carbocycles. The lowest BCUT2D eigenvalue weighted by Crippen LogP contribution is -1.96. The summed E-state index contributed by atoms with van der Waals surface area (Å²) in [6.45, 7) is 1.27. The molecule has 0 fully saturated rings. The number of hydrogen-bond donors (Lipinski definition) is 0. The van der Waals surface area contributed by atoms with E-state index in [0.717, 1.165) is 17.5 Å². The number of aliphatic imine (C=N–C) groups is 2. The molecule has 0 unspecified atom stereocenters. The van der Waals surface area contributed by atoms with E-state index in [1.165, 1.54) is 0 Å². The van der Waals surface area contributed by atoms with E-state index in [-0.39, 0.29) is 0 Å². The Morgan fingerprint density at radius 3 is 1.43 bits per heavy atom. The van der Waals surface area contributed by atoms with Crippen LogP contribution < -0.4 is 0 Å². The van der Waals surface area contributed by atoms with Crippen molar-refractivity contribution in [3.05, 3.63) is 71.8 Å². The van der Waals surface area contributed by atoms with Gasteiger partial charge in [0, 0.05) is 24.2 Å². The number of halogens is 2. The number of benzene rings is 2. The van der Waals surface area contributed by atoms with Crippen LogP contribution in [-0.4, -0.2) is 23.4 Å². The minimum atomic E-state index is 0.536. The molecule has 0 aliphatic rings. The molecule has 4 heteroatoms. The van der Waals surface area contributed by atoms with Gasteiger partial charge >= 0.3 is 0 Å². The predicted molar refractivity (Wildman–Crippen MR) is 92.0 cm³/mol. The summed E-state index contributed by atoms with van der Waals surface area (Å²) in [7, 11) is 0. The highest BCUT2D eigenvalue weighted by molar-refractivity contribution is 6.70. The third-order valence-corrected chi connectivity index (χ3v) is 3.52. The molecule has 2 nitrogen and oxygen atoms in total. The van der Waals surface area contributed by atoms with Gasteiger partial charge in [0.05, 0.1) is 0 Å². The lowest BCUT2D eigenvalue weighted by molar-refractivity contribution is 0.849. The Morgan fingerprint density at radius 1 is 0.667 bits per heavy atom. The zero-order valence-corrected chi connectivity index (χ0v) is 13.1. The number of rotatable bonds is 6. The van der Waals surface area contributed by atoms with Crippen LogP contribution in [-0.2, 0) is 0 Å². The van der Waals surface area contributed by atoms with E-state index >= 15 is 0 Å². The zero-order chi connectivity index (χ0) is 14.9. The minimum Gasteiger partial charge on any atom is -0.273 e. The van der Waals surface area contributed by atoms with Crippen molar-refractivity contribution in [2.75, 3.05) is 13.1 Å². The SMILES string of the molecule is ClC(=NCCCN=C(Cl)c1ccccc1)c1ccccc1. The lowest BCUT2D eigenvalue weighted by atomic mass is 10.2. The van der Waals surface area contributed by atoms with Gasteiger partial charge in [0.25, 0.3) is 0 Å². The first-order chi connectivity index (χ1) is 10.3. The third-order valence-electron chi connectivity index (χ3n) is 2.84. The first kappa shape index (κ1) is 15.7. The van der Waals surface area contributed by atoms with E-state index in [4.69, 9.17) is 23.2 Å². The monoisotopic (exact) mass is 318 g/mol. The van der Waals surface area contributed by atoms with Crippen molar-refractivity contribution in [2.24, 2.45) is 9.98 Å². The molecule has 0 spiro atoms. The minimum absolute atomic E-state index is 0.536. The van der Waals surface area contributed by atoms with Gasteiger partial charge in [0.1, 0.15) is 10.3 Å². The van der Waals surface area contributed by atoms with Gasteiger partial charge in [-0.2, -0.15) is 0 Å². The van der Waals surface area contributed by atoms with Crippen molar-refractivity contribution in [2.45, 2.75) is 6.42 Å². The van der Waals surface area contributed by atoms with Crippen molar-refractivity contribution in [3.8, 4) is 0 Å². The summed E-state index contributed by atoms with van der Waals surface area (Å²) in [5.41, 5.74) is 1.87. The molecule has 2 aromatic carbocycles. The van der Waals surface area contributed by atoms with Crippen molar-refractivity contribution >= 4 is 33.5 Å². The van der Waals surface area contributed by atoms with E-state index in [1.54, 1.807) is 0 Å². The fraction of sp³-hybridized carbons (Fsp3) is 0.176. The molecule has 0 saturated heterocycles. The van der Waals surface area contributed by atoms with Crippen LogP contribution in [0.1, 0.15) is 17.5 Å². The summed E-state index contributed by atoms with van der Waals surface area (Å²) >= 11 is 12.3. The predicted octanol–water partition coefficient (Wildman–Crippen LogP) is 4.75. The Morgan fingerprint density at radius 2 is 1.05 bits per heavy atom. The molecule has 108 valence electrons. The van der Waals surface area contributed by atoms with Crippen LogP contribution in [0.5, 0.6) is 0 Å². The van der Waals surface area contributed by atoms with Gasteiger partial charge in [-0.3, -0.25) is 9.98 Å². The normalized spacial score (nSPS) is 12.5. The second-order valence-corrected chi connectivity index (χ2v) is 5.15. The maximum atomic E-state index is 6.13. The largest absolute Gasteiger partial charge is 0.273 e. The van der Waals surface area contributed by atoms with Crippen LogP contribution in [0, 0.1) is 0 Å². The zero-order valence-electron chi connectivity index (χ0n) is 11.5. The Bertz CT molecular complexity index is 552. The summed E-state index contributed by atoms with van der Waals surface area (Å²) in [5.74, 6) is 0. The highest BCUT2D eigenvalue weighted by Crippen LogP contribution is 2.06. The van der Waals surface area contributed by atoms with Gasteiger partial charge < -0.3 is 0 Å². The lowest BCUT2D eigenvalue weighted by Gasteiger charge is -1.99. The maximum absolute atomic E-state index is 6.13. The van der Waals surface area contributed by atoms with Crippen LogP contribution in [0.25, 0.3) is 0 Å². The first-order valence-corrected chi connectivity index (χ1v) is 7.53. The molecule has 0 aromatic heterocycles. The molecule has 0 heterocycles. The van der Waals surface area contributed by atoms with Gasteiger partial charge in [-0.05, 0) is 6.42 Å². The molecule has 0 radical (unpaired) electrons.